The van der Waals surface area contributed by atoms with Gasteiger partial charge in [-0.15, -0.1) is 0 Å². The number of hydrogen-bond donors (Lipinski definition) is 3. The van der Waals surface area contributed by atoms with E-state index in [0.29, 0.717) is 0 Å². The van der Waals surface area contributed by atoms with E-state index in [9.17, 15) is 14.9 Å². The van der Waals surface area contributed by atoms with Crippen LogP contribution in [0.5, 0.6) is 0 Å². The summed E-state index contributed by atoms with van der Waals surface area (Å²) in [5.41, 5.74) is 7.56. The standard InChI is InChI=1S/C10H10N6O3/c11-10(17)6-4-13-15(5-6)8-3-1-2-7(14-12)9(8)16(18)19/h1-5,14H,12H2,(H2,11,17). The largest absolute Gasteiger partial charge is 0.366 e. The van der Waals surface area contributed by atoms with Gasteiger partial charge in [0.15, 0.2) is 0 Å². The molecule has 0 bridgehead atoms. The van der Waals surface area contributed by atoms with E-state index in [0.717, 1.165) is 0 Å². The molecule has 0 fully saturated rings. The summed E-state index contributed by atoms with van der Waals surface area (Å²) in [7, 11) is 0. The molecule has 19 heavy (non-hydrogen) atoms. The van der Waals surface area contributed by atoms with Crippen LogP contribution < -0.4 is 17.0 Å². The van der Waals surface area contributed by atoms with Gasteiger partial charge in [-0.3, -0.25) is 20.8 Å². The first-order valence-electron chi connectivity index (χ1n) is 5.13. The number of benzene rings is 1. The van der Waals surface area contributed by atoms with Gasteiger partial charge in [0.1, 0.15) is 11.4 Å². The molecular weight excluding hydrogens is 252 g/mol. The number of primary amides is 1. The van der Waals surface area contributed by atoms with Crippen molar-refractivity contribution in [2.75, 3.05) is 5.43 Å². The molecule has 5 N–H and O–H groups in total. The van der Waals surface area contributed by atoms with Crippen LogP contribution in [-0.4, -0.2) is 20.6 Å². The fourth-order valence-electron chi connectivity index (χ4n) is 1.61. The third kappa shape index (κ3) is 2.21. The first-order valence-corrected chi connectivity index (χ1v) is 5.13. The van der Waals surface area contributed by atoms with Gasteiger partial charge in [0.05, 0.1) is 16.7 Å². The Morgan fingerprint density at radius 2 is 2.21 bits per heavy atom. The van der Waals surface area contributed by atoms with Crippen LogP contribution in [0.2, 0.25) is 0 Å². The van der Waals surface area contributed by atoms with Crippen molar-refractivity contribution >= 4 is 17.3 Å². The number of para-hydroxylation sites is 1. The SMILES string of the molecule is NNc1cccc(-n2cc(C(N)=O)cn2)c1[N+](=O)[O-]. The Balaban J connectivity index is 2.60. The molecule has 2 aromatic rings. The second-order valence-corrected chi connectivity index (χ2v) is 3.61. The number of nitrogens with two attached hydrogens (primary N) is 2. The van der Waals surface area contributed by atoms with Crippen molar-refractivity contribution in [1.82, 2.24) is 9.78 Å². The van der Waals surface area contributed by atoms with Gasteiger partial charge < -0.3 is 11.2 Å². The van der Waals surface area contributed by atoms with Crippen LogP contribution >= 0.6 is 0 Å². The van der Waals surface area contributed by atoms with Crippen molar-refractivity contribution in [3.63, 3.8) is 0 Å². The Morgan fingerprint density at radius 1 is 1.47 bits per heavy atom. The maximum Gasteiger partial charge on any atom is 0.319 e. The summed E-state index contributed by atoms with van der Waals surface area (Å²) in [6, 6.07) is 4.51. The second kappa shape index (κ2) is 4.74. The van der Waals surface area contributed by atoms with Crippen LogP contribution in [0.3, 0.4) is 0 Å². The van der Waals surface area contributed by atoms with Crippen molar-refractivity contribution in [2.24, 2.45) is 11.6 Å². The summed E-state index contributed by atoms with van der Waals surface area (Å²) >= 11 is 0. The van der Waals surface area contributed by atoms with Crippen LogP contribution in [0.1, 0.15) is 10.4 Å². The summed E-state index contributed by atoms with van der Waals surface area (Å²) < 4.78 is 1.19. The molecule has 0 atom stereocenters. The molecule has 0 aliphatic carbocycles. The van der Waals surface area contributed by atoms with Gasteiger partial charge in [-0.05, 0) is 12.1 Å². The normalized spacial score (nSPS) is 10.2. The Hall–Kier alpha value is -2.94. The van der Waals surface area contributed by atoms with Crippen LogP contribution in [-0.2, 0) is 0 Å². The Bertz CT molecular complexity index is 650. The smallest absolute Gasteiger partial charge is 0.319 e. The van der Waals surface area contributed by atoms with Gasteiger partial charge >= 0.3 is 5.69 Å². The zero-order valence-corrected chi connectivity index (χ0v) is 9.61. The summed E-state index contributed by atoms with van der Waals surface area (Å²) in [6.07, 6.45) is 2.54. The zero-order chi connectivity index (χ0) is 14.0. The minimum atomic E-state index is -0.665. The van der Waals surface area contributed by atoms with Crippen molar-refractivity contribution in [1.29, 1.82) is 0 Å². The third-order valence-corrected chi connectivity index (χ3v) is 2.47. The second-order valence-electron chi connectivity index (χ2n) is 3.61. The molecule has 9 heteroatoms. The highest BCUT2D eigenvalue weighted by Crippen LogP contribution is 2.30. The Morgan fingerprint density at radius 3 is 2.74 bits per heavy atom. The van der Waals surface area contributed by atoms with E-state index >= 15 is 0 Å². The summed E-state index contributed by atoms with van der Waals surface area (Å²) in [6.45, 7) is 0. The fraction of sp³-hybridized carbons (Fsp3) is 0. The summed E-state index contributed by atoms with van der Waals surface area (Å²) in [4.78, 5) is 21.5. The molecule has 0 saturated heterocycles. The Kier molecular flexibility index (Phi) is 3.12. The number of hydrazine groups is 1. The van der Waals surface area contributed by atoms with Crippen molar-refractivity contribution in [2.45, 2.75) is 0 Å². The number of rotatable bonds is 4. The average molecular weight is 262 g/mol. The van der Waals surface area contributed by atoms with Gasteiger partial charge in [0, 0.05) is 6.20 Å². The van der Waals surface area contributed by atoms with E-state index in [1.807, 2.05) is 0 Å². The molecule has 1 aromatic carbocycles. The lowest BCUT2D eigenvalue weighted by molar-refractivity contribution is -0.383. The number of carbonyl (C=O) groups excluding carboxylic acids is 1. The Labute approximate surface area is 106 Å². The molecule has 0 saturated carbocycles. The van der Waals surface area contributed by atoms with E-state index in [1.165, 1.54) is 29.2 Å². The van der Waals surface area contributed by atoms with E-state index in [1.54, 1.807) is 6.07 Å². The maximum atomic E-state index is 11.1. The minimum Gasteiger partial charge on any atom is -0.366 e. The molecule has 1 amide bonds. The molecule has 2 rings (SSSR count). The number of aromatic nitrogens is 2. The lowest BCUT2D eigenvalue weighted by Gasteiger charge is -2.06. The van der Waals surface area contributed by atoms with E-state index in [4.69, 9.17) is 11.6 Å². The number of nitrogen functional groups attached to an aromatic ring is 1. The van der Waals surface area contributed by atoms with Gasteiger partial charge in [-0.25, -0.2) is 4.68 Å². The number of nitro benzene ring substituents is 1. The quantitative estimate of drug-likeness (QED) is 0.407. The monoisotopic (exact) mass is 262 g/mol. The van der Waals surface area contributed by atoms with E-state index in [2.05, 4.69) is 10.5 Å². The van der Waals surface area contributed by atoms with Crippen LogP contribution in [0, 0.1) is 10.1 Å². The highest BCUT2D eigenvalue weighted by Gasteiger charge is 2.21. The molecule has 1 heterocycles. The number of nitro groups is 1. The summed E-state index contributed by atoms with van der Waals surface area (Å²) in [5, 5.41) is 15.0. The average Bonchev–Trinajstić information content (AvgIpc) is 2.87. The van der Waals surface area contributed by atoms with E-state index in [-0.39, 0.29) is 22.6 Å². The summed E-state index contributed by atoms with van der Waals surface area (Å²) in [5.74, 6) is 4.57. The first kappa shape index (κ1) is 12.5. The van der Waals surface area contributed by atoms with Gasteiger partial charge in [0.25, 0.3) is 5.91 Å². The van der Waals surface area contributed by atoms with Gasteiger partial charge in [-0.1, -0.05) is 6.07 Å². The predicted molar refractivity (Wildman–Crippen MR) is 66.5 cm³/mol. The van der Waals surface area contributed by atoms with Crippen molar-refractivity contribution in [3.05, 3.63) is 46.3 Å². The predicted octanol–water partition coefficient (Wildman–Crippen LogP) is 0.165. The van der Waals surface area contributed by atoms with Gasteiger partial charge in [-0.2, -0.15) is 5.10 Å². The zero-order valence-electron chi connectivity index (χ0n) is 9.61. The molecule has 9 nitrogen and oxygen atoms in total. The number of carbonyl (C=O) groups is 1. The number of nitrogens with zero attached hydrogens (tertiary/aromatic N) is 3. The molecular formula is C10H10N6O3. The molecule has 0 spiro atoms. The topological polar surface area (TPSA) is 142 Å². The molecule has 0 aliphatic rings. The molecule has 0 aliphatic heterocycles. The number of anilines is 1. The van der Waals surface area contributed by atoms with E-state index < -0.39 is 10.8 Å². The van der Waals surface area contributed by atoms with Crippen LogP contribution in [0.15, 0.2) is 30.6 Å². The molecule has 0 radical (unpaired) electrons. The highest BCUT2D eigenvalue weighted by atomic mass is 16.6. The van der Waals surface area contributed by atoms with Gasteiger partial charge in [0.2, 0.25) is 0 Å². The fourth-order valence-corrected chi connectivity index (χ4v) is 1.61. The number of nitrogens with one attached hydrogen (secondary N) is 1. The van der Waals surface area contributed by atoms with Crippen molar-refractivity contribution in [3.8, 4) is 5.69 Å². The number of amides is 1. The molecule has 1 aromatic heterocycles. The molecule has 0 unspecified atom stereocenters. The van der Waals surface area contributed by atoms with Crippen molar-refractivity contribution < 1.29 is 9.72 Å². The highest BCUT2D eigenvalue weighted by molar-refractivity contribution is 5.92. The van der Waals surface area contributed by atoms with Crippen LogP contribution in [0.4, 0.5) is 11.4 Å². The molecule has 98 valence electrons. The number of hydrogen-bond acceptors (Lipinski definition) is 6. The maximum absolute atomic E-state index is 11.1. The lowest BCUT2D eigenvalue weighted by atomic mass is 10.2. The lowest BCUT2D eigenvalue weighted by Crippen LogP contribution is -2.11. The first-order chi connectivity index (χ1) is 9.04. The minimum absolute atomic E-state index is 0.138. The third-order valence-electron chi connectivity index (χ3n) is 2.47. The van der Waals surface area contributed by atoms with Crippen LogP contribution in [0.25, 0.3) is 5.69 Å².